The molecule has 1 N–H and O–H groups in total. The molecule has 0 amide bonds. The van der Waals surface area contributed by atoms with E-state index in [9.17, 15) is 13.5 Å². The Morgan fingerprint density at radius 2 is 1.55 bits per heavy atom. The molecular weight excluding hydrogens is 396 g/mol. The van der Waals surface area contributed by atoms with E-state index in [4.69, 9.17) is 18.4 Å². The molecule has 0 aliphatic rings. The Morgan fingerprint density at radius 1 is 0.966 bits per heavy atom. The molecule has 0 saturated carbocycles. The summed E-state index contributed by atoms with van der Waals surface area (Å²) in [6, 6.07) is 9.69. The predicted molar refractivity (Wildman–Crippen MR) is 109 cm³/mol. The van der Waals surface area contributed by atoms with E-state index in [-0.39, 0.29) is 4.90 Å². The minimum atomic E-state index is -3.99. The van der Waals surface area contributed by atoms with Crippen molar-refractivity contribution in [2.24, 2.45) is 0 Å². The quantitative estimate of drug-likeness (QED) is 0.618. The van der Waals surface area contributed by atoms with Gasteiger partial charge in [0.2, 0.25) is 0 Å². The monoisotopic (exact) mass is 424 g/mol. The number of methoxy groups -OCH3 is 2. The van der Waals surface area contributed by atoms with Gasteiger partial charge in [0.25, 0.3) is 10.1 Å². The Labute approximate surface area is 172 Å². The second-order valence-electron chi connectivity index (χ2n) is 7.25. The highest BCUT2D eigenvalue weighted by molar-refractivity contribution is 7.86. The van der Waals surface area contributed by atoms with E-state index in [0.29, 0.717) is 17.2 Å². The number of hydrogen-bond acceptors (Lipinski definition) is 7. The molecule has 0 bridgehead atoms. The average molecular weight is 425 g/mol. The van der Waals surface area contributed by atoms with Crippen LogP contribution in [-0.4, -0.2) is 46.1 Å². The summed E-state index contributed by atoms with van der Waals surface area (Å²) in [6.45, 7) is 6.52. The van der Waals surface area contributed by atoms with Crippen molar-refractivity contribution in [1.82, 2.24) is 0 Å². The first kappa shape index (κ1) is 23.0. The minimum Gasteiger partial charge on any atom is -0.496 e. The van der Waals surface area contributed by atoms with E-state index in [1.807, 2.05) is 13.8 Å². The van der Waals surface area contributed by atoms with Crippen LogP contribution in [0.2, 0.25) is 0 Å². The van der Waals surface area contributed by atoms with Crippen molar-refractivity contribution in [2.45, 2.75) is 44.3 Å². The van der Waals surface area contributed by atoms with E-state index in [1.54, 1.807) is 45.2 Å². The van der Waals surface area contributed by atoms with Gasteiger partial charge in [-0.2, -0.15) is 8.42 Å². The third kappa shape index (κ3) is 5.62. The molecule has 0 spiro atoms. The van der Waals surface area contributed by atoms with Crippen molar-refractivity contribution >= 4 is 10.1 Å². The van der Waals surface area contributed by atoms with Crippen LogP contribution in [0, 0.1) is 13.8 Å². The van der Waals surface area contributed by atoms with Gasteiger partial charge in [0, 0.05) is 6.07 Å². The lowest BCUT2D eigenvalue weighted by Gasteiger charge is -2.32. The highest BCUT2D eigenvalue weighted by atomic mass is 32.2. The van der Waals surface area contributed by atoms with Gasteiger partial charge < -0.3 is 19.3 Å². The van der Waals surface area contributed by atoms with Crippen molar-refractivity contribution in [3.05, 3.63) is 47.5 Å². The fourth-order valence-corrected chi connectivity index (χ4v) is 3.49. The van der Waals surface area contributed by atoms with Gasteiger partial charge in [0.05, 0.1) is 25.7 Å². The number of benzene rings is 2. The Morgan fingerprint density at radius 3 is 2.10 bits per heavy atom. The van der Waals surface area contributed by atoms with Crippen molar-refractivity contribution < 1.29 is 31.9 Å². The zero-order chi connectivity index (χ0) is 21.8. The predicted octanol–water partition coefficient (Wildman–Crippen LogP) is 3.24. The first-order valence-electron chi connectivity index (χ1n) is 9.06. The minimum absolute atomic E-state index is 0.0268. The lowest BCUT2D eigenvalue weighted by molar-refractivity contribution is -0.0492. The van der Waals surface area contributed by atoms with Crippen LogP contribution in [-0.2, 0) is 14.3 Å². The Hall–Kier alpha value is -2.29. The van der Waals surface area contributed by atoms with Crippen LogP contribution in [0.25, 0.3) is 0 Å². The molecule has 0 heterocycles. The van der Waals surface area contributed by atoms with Gasteiger partial charge in [-0.25, -0.2) is 0 Å². The van der Waals surface area contributed by atoms with Crippen LogP contribution >= 0.6 is 0 Å². The fraction of sp³-hybridized carbons (Fsp3) is 0.429. The van der Waals surface area contributed by atoms with Gasteiger partial charge >= 0.3 is 0 Å². The first-order chi connectivity index (χ1) is 13.5. The Bertz CT molecular complexity index is 934. The highest BCUT2D eigenvalue weighted by Crippen LogP contribution is 2.37. The molecule has 29 heavy (non-hydrogen) atoms. The molecule has 160 valence electrons. The first-order valence-corrected chi connectivity index (χ1v) is 10.5. The van der Waals surface area contributed by atoms with E-state index < -0.39 is 28.4 Å². The van der Waals surface area contributed by atoms with E-state index in [1.165, 1.54) is 19.2 Å². The zero-order valence-corrected chi connectivity index (χ0v) is 18.4. The topological polar surface area (TPSA) is 91.3 Å². The van der Waals surface area contributed by atoms with Gasteiger partial charge in [-0.1, -0.05) is 17.7 Å². The lowest BCUT2D eigenvalue weighted by atomic mass is 10.0. The molecule has 0 radical (unpaired) electrons. The third-order valence-electron chi connectivity index (χ3n) is 4.55. The number of rotatable bonds is 9. The normalized spacial score (nSPS) is 13.1. The van der Waals surface area contributed by atoms with Gasteiger partial charge in [-0.3, -0.25) is 4.18 Å². The fourth-order valence-electron chi connectivity index (χ4n) is 2.58. The number of aliphatic hydroxyl groups is 1. The van der Waals surface area contributed by atoms with Gasteiger partial charge in [0.1, 0.15) is 17.5 Å². The molecule has 0 unspecified atom stereocenters. The summed E-state index contributed by atoms with van der Waals surface area (Å²) in [5.41, 5.74) is 0.625. The van der Waals surface area contributed by atoms with Crippen molar-refractivity contribution in [2.75, 3.05) is 20.8 Å². The number of aryl methyl sites for hydroxylation is 2. The molecule has 0 fully saturated rings. The molecule has 0 aliphatic heterocycles. The average Bonchev–Trinajstić information content (AvgIpc) is 2.67. The van der Waals surface area contributed by atoms with Crippen LogP contribution in [0.4, 0.5) is 0 Å². The molecule has 1 atom stereocenters. The van der Waals surface area contributed by atoms with Crippen LogP contribution in [0.1, 0.15) is 25.0 Å². The SMILES string of the molecule is COc1cc(OC(C)(C)[C@@H](O)COS(=O)(=O)c2ccc(C)cc2)c(OC)cc1C. The van der Waals surface area contributed by atoms with E-state index in [2.05, 4.69) is 0 Å². The summed E-state index contributed by atoms with van der Waals surface area (Å²) in [5.74, 6) is 1.43. The maximum Gasteiger partial charge on any atom is 0.297 e. The molecule has 2 aromatic rings. The Kier molecular flexibility index (Phi) is 7.15. The summed E-state index contributed by atoms with van der Waals surface area (Å²) in [5, 5.41) is 10.6. The molecule has 8 heteroatoms. The summed E-state index contributed by atoms with van der Waals surface area (Å²) in [7, 11) is -0.942. The van der Waals surface area contributed by atoms with Crippen molar-refractivity contribution in [3.63, 3.8) is 0 Å². The zero-order valence-electron chi connectivity index (χ0n) is 17.6. The molecule has 2 aromatic carbocycles. The molecule has 2 rings (SSSR count). The van der Waals surface area contributed by atoms with Gasteiger partial charge in [-0.05, 0) is 51.5 Å². The summed E-state index contributed by atoms with van der Waals surface area (Å²) >= 11 is 0. The summed E-state index contributed by atoms with van der Waals surface area (Å²) in [6.07, 6.45) is -1.24. The standard InChI is InChI=1S/C21H28O7S/c1-14-7-9-16(10-8-14)29(23,24)27-13-20(22)21(3,4)28-19-12-17(25-5)15(2)11-18(19)26-6/h7-12,20,22H,13H2,1-6H3/t20-/m0/s1. The van der Waals surface area contributed by atoms with E-state index >= 15 is 0 Å². The largest absolute Gasteiger partial charge is 0.496 e. The molecule has 0 aromatic heterocycles. The van der Waals surface area contributed by atoms with Crippen LogP contribution < -0.4 is 14.2 Å². The van der Waals surface area contributed by atoms with Crippen LogP contribution in [0.5, 0.6) is 17.2 Å². The maximum absolute atomic E-state index is 12.3. The van der Waals surface area contributed by atoms with Crippen molar-refractivity contribution in [3.8, 4) is 17.2 Å². The Balaban J connectivity index is 2.14. The molecule has 0 saturated heterocycles. The molecule has 7 nitrogen and oxygen atoms in total. The van der Waals surface area contributed by atoms with Gasteiger partial charge in [0.15, 0.2) is 11.5 Å². The number of aliphatic hydroxyl groups excluding tert-OH is 1. The summed E-state index contributed by atoms with van der Waals surface area (Å²) in [4.78, 5) is 0.0268. The smallest absolute Gasteiger partial charge is 0.297 e. The molecule has 0 aliphatic carbocycles. The lowest BCUT2D eigenvalue weighted by Crippen LogP contribution is -2.45. The van der Waals surface area contributed by atoms with Gasteiger partial charge in [-0.15, -0.1) is 0 Å². The van der Waals surface area contributed by atoms with Crippen molar-refractivity contribution in [1.29, 1.82) is 0 Å². The highest BCUT2D eigenvalue weighted by Gasteiger charge is 2.33. The molecular formula is C21H28O7S. The van der Waals surface area contributed by atoms with Crippen LogP contribution in [0.15, 0.2) is 41.3 Å². The maximum atomic E-state index is 12.3. The number of ether oxygens (including phenoxy) is 3. The van der Waals surface area contributed by atoms with Crippen LogP contribution in [0.3, 0.4) is 0 Å². The second-order valence-corrected chi connectivity index (χ2v) is 8.86. The summed E-state index contributed by atoms with van der Waals surface area (Å²) < 4.78 is 46.3. The number of hydrogen-bond donors (Lipinski definition) is 1. The third-order valence-corrected chi connectivity index (χ3v) is 5.84. The second kappa shape index (κ2) is 9.02. The van der Waals surface area contributed by atoms with E-state index in [0.717, 1.165) is 11.1 Å².